The topological polar surface area (TPSA) is 0 Å². The smallest absolute Gasteiger partial charge is 0.00998 e. The predicted octanol–water partition coefficient (Wildman–Crippen LogP) is 5.31. The van der Waals surface area contributed by atoms with Crippen molar-refractivity contribution in [2.45, 2.75) is 25.7 Å². The number of benzene rings is 3. The first kappa shape index (κ1) is 14.0. The highest BCUT2D eigenvalue weighted by atomic mass is 31.0. The van der Waals surface area contributed by atoms with Crippen molar-refractivity contribution in [2.75, 3.05) is 0 Å². The molecule has 2 atom stereocenters. The normalized spacial score (nSPS) is 11.3. The van der Waals surface area contributed by atoms with Gasteiger partial charge in [-0.25, -0.2) is 0 Å². The first-order valence-electron chi connectivity index (χ1n) is 7.14. The molecule has 102 valence electrons. The molecular weight excluding hydrogens is 278 g/mol. The first-order chi connectivity index (χ1) is 9.76. The zero-order chi connectivity index (χ0) is 14.1. The molecule has 3 rings (SSSR count). The van der Waals surface area contributed by atoms with Crippen LogP contribution in [0.3, 0.4) is 0 Å². The summed E-state index contributed by atoms with van der Waals surface area (Å²) in [5.41, 5.74) is 4.23. The molecule has 3 aromatic carbocycles. The van der Waals surface area contributed by atoms with Crippen molar-refractivity contribution >= 4 is 40.0 Å². The molecule has 0 bridgehead atoms. The molecule has 0 aromatic heterocycles. The van der Waals surface area contributed by atoms with Crippen molar-refractivity contribution in [2.24, 2.45) is 0 Å². The van der Waals surface area contributed by atoms with Gasteiger partial charge in [-0.15, -0.1) is 18.5 Å². The Kier molecular flexibility index (Phi) is 4.06. The molecule has 3 aromatic rings. The van der Waals surface area contributed by atoms with Crippen molar-refractivity contribution in [3.63, 3.8) is 0 Å². The van der Waals surface area contributed by atoms with Crippen LogP contribution in [0.25, 0.3) is 21.5 Å². The number of hydrogen-bond acceptors (Lipinski definition) is 0. The summed E-state index contributed by atoms with van der Waals surface area (Å²) < 4.78 is 0. The van der Waals surface area contributed by atoms with Gasteiger partial charge >= 0.3 is 0 Å². The fourth-order valence-electron chi connectivity index (χ4n) is 2.87. The Morgan fingerprint density at radius 1 is 0.750 bits per heavy atom. The number of rotatable bonds is 3. The van der Waals surface area contributed by atoms with Crippen LogP contribution in [0.4, 0.5) is 0 Å². The minimum atomic E-state index is 1.01. The highest BCUT2D eigenvalue weighted by Gasteiger charge is 2.06. The van der Waals surface area contributed by atoms with Crippen LogP contribution in [0.15, 0.2) is 42.5 Å². The molecule has 0 aliphatic heterocycles. The van der Waals surface area contributed by atoms with E-state index >= 15 is 0 Å². The van der Waals surface area contributed by atoms with Gasteiger partial charge in [0.25, 0.3) is 0 Å². The van der Waals surface area contributed by atoms with Crippen LogP contribution in [0.1, 0.15) is 23.6 Å². The maximum atomic E-state index is 2.86. The Bertz CT molecular complexity index is 775. The molecule has 0 heterocycles. The molecule has 0 amide bonds. The first-order valence-corrected chi connectivity index (χ1v) is 8.77. The Labute approximate surface area is 125 Å². The molecule has 0 aliphatic carbocycles. The van der Waals surface area contributed by atoms with Gasteiger partial charge in [0.1, 0.15) is 0 Å². The van der Waals surface area contributed by atoms with E-state index in [2.05, 4.69) is 67.9 Å². The molecule has 2 heteroatoms. The Hall–Kier alpha value is -0.960. The van der Waals surface area contributed by atoms with Gasteiger partial charge in [0.05, 0.1) is 0 Å². The minimum absolute atomic E-state index is 1.01. The van der Waals surface area contributed by atoms with Crippen LogP contribution in [0.5, 0.6) is 0 Å². The minimum Gasteiger partial charge on any atom is -0.133 e. The molecule has 0 radical (unpaired) electrons. The molecule has 2 unspecified atom stereocenters. The number of fused-ring (bicyclic) bond motifs is 3. The third-order valence-corrected chi connectivity index (χ3v) is 4.94. The summed E-state index contributed by atoms with van der Waals surface area (Å²) in [6, 6.07) is 16.1. The average molecular weight is 298 g/mol. The quantitative estimate of drug-likeness (QED) is 0.454. The summed E-state index contributed by atoms with van der Waals surface area (Å²) in [7, 11) is 5.66. The van der Waals surface area contributed by atoms with Gasteiger partial charge in [0.15, 0.2) is 0 Å². The second-order valence-corrected chi connectivity index (χ2v) is 6.05. The molecule has 0 nitrogen and oxygen atoms in total. The molecule has 0 saturated carbocycles. The van der Waals surface area contributed by atoms with E-state index in [9.17, 15) is 0 Å². The fourth-order valence-corrected chi connectivity index (χ4v) is 3.46. The standard InChI is InChI=1S/C18H20P2/c1-2-12-7-15(11-20)17-6-4-14-8-13(10-19)3-5-16(14)18(17)9-12/h3-9H,2,10-11,19-20H2,1H3. The lowest BCUT2D eigenvalue weighted by molar-refractivity contribution is 1.14. The third-order valence-electron chi connectivity index (χ3n) is 4.03. The summed E-state index contributed by atoms with van der Waals surface area (Å²) in [5, 5.41) is 5.51. The van der Waals surface area contributed by atoms with E-state index in [0.717, 1.165) is 18.7 Å². The maximum absolute atomic E-state index is 2.86. The lowest BCUT2D eigenvalue weighted by Crippen LogP contribution is -1.89. The van der Waals surface area contributed by atoms with E-state index in [-0.39, 0.29) is 0 Å². The summed E-state index contributed by atoms with van der Waals surface area (Å²) >= 11 is 0. The van der Waals surface area contributed by atoms with E-state index in [0.29, 0.717) is 0 Å². The molecule has 0 fully saturated rings. The zero-order valence-electron chi connectivity index (χ0n) is 11.8. The van der Waals surface area contributed by atoms with Gasteiger partial charge in [-0.1, -0.05) is 49.4 Å². The van der Waals surface area contributed by atoms with E-state index in [1.807, 2.05) is 0 Å². The van der Waals surface area contributed by atoms with Crippen molar-refractivity contribution in [1.82, 2.24) is 0 Å². The van der Waals surface area contributed by atoms with Crippen LogP contribution in [0.2, 0.25) is 0 Å². The zero-order valence-corrected chi connectivity index (χ0v) is 14.1. The molecule has 0 spiro atoms. The van der Waals surface area contributed by atoms with E-state index in [1.54, 1.807) is 0 Å². The van der Waals surface area contributed by atoms with E-state index in [4.69, 9.17) is 0 Å². The lowest BCUT2D eigenvalue weighted by Gasteiger charge is -2.11. The summed E-state index contributed by atoms with van der Waals surface area (Å²) in [4.78, 5) is 0. The van der Waals surface area contributed by atoms with Crippen molar-refractivity contribution < 1.29 is 0 Å². The van der Waals surface area contributed by atoms with E-state index < -0.39 is 0 Å². The van der Waals surface area contributed by atoms with Crippen molar-refractivity contribution in [1.29, 1.82) is 0 Å². The van der Waals surface area contributed by atoms with Crippen LogP contribution in [-0.2, 0) is 18.7 Å². The van der Waals surface area contributed by atoms with Gasteiger partial charge in [-0.3, -0.25) is 0 Å². The second kappa shape index (κ2) is 5.80. The maximum Gasteiger partial charge on any atom is -0.00998 e. The molecular formula is C18H20P2. The molecule has 20 heavy (non-hydrogen) atoms. The molecule has 0 aliphatic rings. The molecule has 0 N–H and O–H groups in total. The summed E-state index contributed by atoms with van der Waals surface area (Å²) in [5.74, 6) is 0. The van der Waals surface area contributed by atoms with Gasteiger partial charge in [-0.2, -0.15) is 0 Å². The third kappa shape index (κ3) is 2.37. The van der Waals surface area contributed by atoms with E-state index in [1.165, 1.54) is 38.2 Å². The van der Waals surface area contributed by atoms with Crippen LogP contribution < -0.4 is 0 Å². The summed E-state index contributed by atoms with van der Waals surface area (Å²) in [6.07, 6.45) is 3.12. The van der Waals surface area contributed by atoms with Crippen molar-refractivity contribution in [3.05, 3.63) is 59.2 Å². The van der Waals surface area contributed by atoms with Gasteiger partial charge in [-0.05, 0) is 57.0 Å². The van der Waals surface area contributed by atoms with Crippen molar-refractivity contribution in [3.8, 4) is 0 Å². The average Bonchev–Trinajstić information content (AvgIpc) is 2.52. The van der Waals surface area contributed by atoms with Gasteiger partial charge < -0.3 is 0 Å². The fraction of sp³-hybridized carbons (Fsp3) is 0.222. The highest BCUT2D eigenvalue weighted by molar-refractivity contribution is 7.15. The Morgan fingerprint density at radius 2 is 1.55 bits per heavy atom. The SMILES string of the molecule is CCc1cc(CP)c2ccc3cc(CP)ccc3c2c1. The van der Waals surface area contributed by atoms with Crippen LogP contribution in [-0.4, -0.2) is 0 Å². The summed E-state index contributed by atoms with van der Waals surface area (Å²) in [6.45, 7) is 2.23. The number of aryl methyl sites for hydroxylation is 1. The highest BCUT2D eigenvalue weighted by Crippen LogP contribution is 2.31. The van der Waals surface area contributed by atoms with Gasteiger partial charge in [0, 0.05) is 0 Å². The Morgan fingerprint density at radius 3 is 2.25 bits per heavy atom. The number of hydrogen-bond donors (Lipinski definition) is 0. The van der Waals surface area contributed by atoms with Crippen LogP contribution in [0, 0.1) is 0 Å². The largest absolute Gasteiger partial charge is 0.133 e. The monoisotopic (exact) mass is 298 g/mol. The lowest BCUT2D eigenvalue weighted by atomic mass is 9.95. The molecule has 0 saturated heterocycles. The van der Waals surface area contributed by atoms with Gasteiger partial charge in [0.2, 0.25) is 0 Å². The second-order valence-electron chi connectivity index (χ2n) is 5.23. The Balaban J connectivity index is 2.40. The predicted molar refractivity (Wildman–Crippen MR) is 97.7 cm³/mol. The van der Waals surface area contributed by atoms with Crippen LogP contribution >= 0.6 is 18.5 Å².